The fourth-order valence-electron chi connectivity index (χ4n) is 5.44. The van der Waals surface area contributed by atoms with E-state index in [2.05, 4.69) is 6.92 Å². The molecule has 0 heterocycles. The van der Waals surface area contributed by atoms with E-state index in [-0.39, 0.29) is 0 Å². The first kappa shape index (κ1) is 15.9. The largest absolute Gasteiger partial charge is 0.0654 e. The quantitative estimate of drug-likeness (QED) is 0.376. The predicted molar refractivity (Wildman–Crippen MR) is 92.4 cm³/mol. The van der Waals surface area contributed by atoms with E-state index in [1.54, 1.807) is 57.8 Å². The Balaban J connectivity index is 1.64. The van der Waals surface area contributed by atoms with Crippen molar-refractivity contribution in [1.29, 1.82) is 0 Å². The molecule has 1 unspecified atom stereocenters. The summed E-state index contributed by atoms with van der Waals surface area (Å²) >= 11 is 0. The van der Waals surface area contributed by atoms with Crippen LogP contribution in [0, 0.1) is 23.2 Å². The van der Waals surface area contributed by atoms with Crippen LogP contribution < -0.4 is 0 Å². The van der Waals surface area contributed by atoms with Gasteiger partial charge in [-0.15, -0.1) is 0 Å². The van der Waals surface area contributed by atoms with Crippen molar-refractivity contribution >= 4 is 0 Å². The third-order valence-electron chi connectivity index (χ3n) is 7.06. The molecule has 3 aliphatic carbocycles. The Morgan fingerprint density at radius 2 is 1.38 bits per heavy atom. The van der Waals surface area contributed by atoms with Gasteiger partial charge in [0.25, 0.3) is 0 Å². The summed E-state index contributed by atoms with van der Waals surface area (Å²) in [4.78, 5) is 0. The van der Waals surface area contributed by atoms with Crippen LogP contribution in [0.5, 0.6) is 0 Å². The van der Waals surface area contributed by atoms with Gasteiger partial charge in [-0.3, -0.25) is 0 Å². The highest BCUT2D eigenvalue weighted by atomic mass is 14.5. The average Bonchev–Trinajstić information content (AvgIpc) is 3.07. The molecule has 1 atom stereocenters. The summed E-state index contributed by atoms with van der Waals surface area (Å²) in [5, 5.41) is 0. The first-order valence-electron chi connectivity index (χ1n) is 10.3. The number of hydrogen-bond acceptors (Lipinski definition) is 0. The monoisotopic (exact) mass is 290 g/mol. The van der Waals surface area contributed by atoms with E-state index in [1.807, 2.05) is 0 Å². The zero-order valence-electron chi connectivity index (χ0n) is 14.5. The maximum atomic E-state index is 2.35. The minimum atomic E-state index is 0.788. The number of unbranched alkanes of at least 4 members (excludes halogenated alkanes) is 3. The molecule has 0 bridgehead atoms. The lowest BCUT2D eigenvalue weighted by Crippen LogP contribution is -2.34. The third-order valence-corrected chi connectivity index (χ3v) is 7.06. The van der Waals surface area contributed by atoms with E-state index >= 15 is 0 Å². The summed E-state index contributed by atoms with van der Waals surface area (Å²) in [6.45, 7) is 2.35. The Labute approximate surface area is 133 Å². The lowest BCUT2D eigenvalue weighted by atomic mass is 9.60. The first-order chi connectivity index (χ1) is 10.3. The van der Waals surface area contributed by atoms with Crippen molar-refractivity contribution in [3.05, 3.63) is 0 Å². The van der Waals surface area contributed by atoms with Crippen molar-refractivity contribution in [2.45, 2.75) is 110 Å². The molecule has 21 heavy (non-hydrogen) atoms. The summed E-state index contributed by atoms with van der Waals surface area (Å²) in [7, 11) is 0. The van der Waals surface area contributed by atoms with Gasteiger partial charge in [0.15, 0.2) is 0 Å². The molecule has 0 amide bonds. The zero-order valence-corrected chi connectivity index (χ0v) is 14.5. The molecule has 0 radical (unpaired) electrons. The highest BCUT2D eigenvalue weighted by Gasteiger charge is 2.44. The summed E-state index contributed by atoms with van der Waals surface area (Å²) in [5.41, 5.74) is 0.788. The van der Waals surface area contributed by atoms with Crippen LogP contribution in [0.3, 0.4) is 0 Å². The van der Waals surface area contributed by atoms with Crippen molar-refractivity contribution in [1.82, 2.24) is 0 Å². The summed E-state index contributed by atoms with van der Waals surface area (Å²) in [6, 6.07) is 0. The number of rotatable bonds is 10. The second kappa shape index (κ2) is 7.51. The maximum Gasteiger partial charge on any atom is -0.0264 e. The maximum absolute atomic E-state index is 2.35. The fraction of sp³-hybridized carbons (Fsp3) is 1.00. The van der Waals surface area contributed by atoms with Gasteiger partial charge in [0.1, 0.15) is 0 Å². The average molecular weight is 291 g/mol. The molecular formula is C21H38. The van der Waals surface area contributed by atoms with Crippen molar-refractivity contribution in [2.24, 2.45) is 23.2 Å². The lowest BCUT2D eigenvalue weighted by Gasteiger charge is -2.45. The van der Waals surface area contributed by atoms with Crippen LogP contribution >= 0.6 is 0 Å². The number of hydrogen-bond donors (Lipinski definition) is 0. The highest BCUT2D eigenvalue weighted by Crippen LogP contribution is 2.56. The van der Waals surface area contributed by atoms with E-state index in [4.69, 9.17) is 0 Å². The SMILES string of the molecule is CCCCCCC(CC1CCC1)(CC1CC1)C1CCCC1. The van der Waals surface area contributed by atoms with E-state index in [0.717, 1.165) is 23.2 Å². The van der Waals surface area contributed by atoms with Gasteiger partial charge in [-0.2, -0.15) is 0 Å². The minimum Gasteiger partial charge on any atom is -0.0654 e. The van der Waals surface area contributed by atoms with Gasteiger partial charge in [0, 0.05) is 0 Å². The minimum absolute atomic E-state index is 0.788. The lowest BCUT2D eigenvalue weighted by molar-refractivity contribution is 0.0592. The molecule has 0 heteroatoms. The van der Waals surface area contributed by atoms with Gasteiger partial charge in [-0.05, 0) is 55.3 Å². The Morgan fingerprint density at radius 1 is 0.714 bits per heavy atom. The van der Waals surface area contributed by atoms with Gasteiger partial charge < -0.3 is 0 Å². The molecule has 0 aliphatic heterocycles. The van der Waals surface area contributed by atoms with Gasteiger partial charge in [-0.1, -0.05) is 77.6 Å². The first-order valence-corrected chi connectivity index (χ1v) is 10.3. The third kappa shape index (κ3) is 4.26. The molecular weight excluding hydrogens is 252 g/mol. The van der Waals surface area contributed by atoms with Crippen LogP contribution in [0.4, 0.5) is 0 Å². The fourth-order valence-corrected chi connectivity index (χ4v) is 5.44. The standard InChI is InChI=1S/C21H38/c1-2-3-4-7-15-21(17-19-13-14-19,16-18-9-8-10-18)20-11-5-6-12-20/h18-20H,2-17H2,1H3. The smallest absolute Gasteiger partial charge is 0.0264 e. The predicted octanol–water partition coefficient (Wildman–Crippen LogP) is 7.12. The molecule has 0 aromatic heterocycles. The van der Waals surface area contributed by atoms with Gasteiger partial charge in [-0.25, -0.2) is 0 Å². The Kier molecular flexibility index (Phi) is 5.68. The van der Waals surface area contributed by atoms with Crippen molar-refractivity contribution < 1.29 is 0 Å². The van der Waals surface area contributed by atoms with Crippen LogP contribution in [-0.4, -0.2) is 0 Å². The van der Waals surface area contributed by atoms with Gasteiger partial charge in [0.2, 0.25) is 0 Å². The van der Waals surface area contributed by atoms with E-state index in [1.165, 1.54) is 44.9 Å². The molecule has 0 aromatic carbocycles. The summed E-state index contributed by atoms with van der Waals surface area (Å²) < 4.78 is 0. The second-order valence-electron chi connectivity index (χ2n) is 8.80. The molecule has 0 nitrogen and oxygen atoms in total. The molecule has 3 fully saturated rings. The van der Waals surface area contributed by atoms with Crippen LogP contribution in [0.15, 0.2) is 0 Å². The van der Waals surface area contributed by atoms with Gasteiger partial charge in [0.05, 0.1) is 0 Å². The topological polar surface area (TPSA) is 0 Å². The van der Waals surface area contributed by atoms with Crippen LogP contribution in [-0.2, 0) is 0 Å². The Bertz CT molecular complexity index is 293. The molecule has 0 aromatic rings. The van der Waals surface area contributed by atoms with Crippen molar-refractivity contribution in [3.63, 3.8) is 0 Å². The second-order valence-corrected chi connectivity index (χ2v) is 8.80. The normalized spacial score (nSPS) is 26.7. The van der Waals surface area contributed by atoms with Gasteiger partial charge >= 0.3 is 0 Å². The van der Waals surface area contributed by atoms with Crippen molar-refractivity contribution in [3.8, 4) is 0 Å². The Morgan fingerprint density at radius 3 is 1.90 bits per heavy atom. The molecule has 0 saturated heterocycles. The summed E-state index contributed by atoms with van der Waals surface area (Å²) in [6.07, 6.45) is 24.7. The van der Waals surface area contributed by atoms with Crippen LogP contribution in [0.2, 0.25) is 0 Å². The van der Waals surface area contributed by atoms with E-state index < -0.39 is 0 Å². The zero-order chi connectivity index (χ0) is 14.5. The molecule has 122 valence electrons. The van der Waals surface area contributed by atoms with Crippen LogP contribution in [0.1, 0.15) is 110 Å². The molecule has 0 N–H and O–H groups in total. The van der Waals surface area contributed by atoms with Crippen LogP contribution in [0.25, 0.3) is 0 Å². The molecule has 3 saturated carbocycles. The molecule has 3 aliphatic rings. The van der Waals surface area contributed by atoms with E-state index in [0.29, 0.717) is 0 Å². The molecule has 3 rings (SSSR count). The van der Waals surface area contributed by atoms with E-state index in [9.17, 15) is 0 Å². The van der Waals surface area contributed by atoms with Crippen molar-refractivity contribution in [2.75, 3.05) is 0 Å². The molecule has 0 spiro atoms. The summed E-state index contributed by atoms with van der Waals surface area (Å²) in [5.74, 6) is 3.37. The Hall–Kier alpha value is 0. The highest BCUT2D eigenvalue weighted by molar-refractivity contribution is 4.95.